The number of carbonyl (C=O) groups excluding carboxylic acids is 2. The van der Waals surface area contributed by atoms with Gasteiger partial charge < -0.3 is 25.2 Å². The van der Waals surface area contributed by atoms with Crippen molar-refractivity contribution in [3.8, 4) is 17.2 Å². The van der Waals surface area contributed by atoms with Gasteiger partial charge >= 0.3 is 0 Å². The summed E-state index contributed by atoms with van der Waals surface area (Å²) >= 11 is 6.41. The molecule has 0 atom stereocenters. The second-order valence-corrected chi connectivity index (χ2v) is 8.17. The maximum Gasteiger partial charge on any atom is 0.257 e. The van der Waals surface area contributed by atoms with Crippen LogP contribution in [0.25, 0.3) is 10.9 Å². The minimum absolute atomic E-state index is 0.0588. The van der Waals surface area contributed by atoms with Crippen LogP contribution in [0.4, 0.5) is 0 Å². The van der Waals surface area contributed by atoms with Gasteiger partial charge in [-0.2, -0.15) is 0 Å². The molecule has 3 aromatic rings. The number of phenols is 1. The van der Waals surface area contributed by atoms with Crippen molar-refractivity contribution in [2.45, 2.75) is 6.54 Å². The first-order chi connectivity index (χ1) is 16.5. The second-order valence-electron chi connectivity index (χ2n) is 7.77. The number of hydrogen-bond acceptors (Lipinski definition) is 7. The molecular weight excluding hydrogens is 460 g/mol. The largest absolute Gasteiger partial charge is 0.505 e. The van der Waals surface area contributed by atoms with Gasteiger partial charge in [0.1, 0.15) is 11.3 Å². The van der Waals surface area contributed by atoms with Crippen molar-refractivity contribution in [2.75, 3.05) is 39.4 Å². The summed E-state index contributed by atoms with van der Waals surface area (Å²) in [5.41, 5.74) is 1.03. The molecule has 178 valence electrons. The molecule has 0 bridgehead atoms. The molecule has 9 nitrogen and oxygen atoms in total. The summed E-state index contributed by atoms with van der Waals surface area (Å²) in [5.74, 6) is 0.279. The molecule has 0 unspecified atom stereocenters. The summed E-state index contributed by atoms with van der Waals surface area (Å²) in [6, 6.07) is 12.1. The van der Waals surface area contributed by atoms with Crippen LogP contribution in [-0.4, -0.2) is 66.2 Å². The van der Waals surface area contributed by atoms with E-state index >= 15 is 0 Å². The van der Waals surface area contributed by atoms with E-state index in [1.54, 1.807) is 48.7 Å². The quantitative estimate of drug-likeness (QED) is 0.510. The highest BCUT2D eigenvalue weighted by Crippen LogP contribution is 2.33. The topological polar surface area (TPSA) is 113 Å². The predicted molar refractivity (Wildman–Crippen MR) is 127 cm³/mol. The number of carbonyl (C=O) groups is 2. The Balaban J connectivity index is 1.48. The Morgan fingerprint density at radius 3 is 2.21 bits per heavy atom. The van der Waals surface area contributed by atoms with Crippen molar-refractivity contribution in [3.05, 3.63) is 59.2 Å². The molecule has 3 N–H and O–H groups in total. The van der Waals surface area contributed by atoms with Gasteiger partial charge in [0.05, 0.1) is 5.02 Å². The fourth-order valence-electron chi connectivity index (χ4n) is 3.65. The standard InChI is InChI=1S/C24H25ClN4O5/c25-18-12-16(24(32)23-17(18)4-3-7-28-23)13-29-10-8-26-21(30)14-33-19-5-1-2-6-20(19)34-15-22(31)27-9-11-29/h1-7,12,32H,8-11,13-15H2,(H,26,30)(H,27,31). The lowest BCUT2D eigenvalue weighted by Gasteiger charge is -2.23. The molecular formula is C24H25ClN4O5. The summed E-state index contributed by atoms with van der Waals surface area (Å²) in [5, 5.41) is 17.6. The average Bonchev–Trinajstić information content (AvgIpc) is 2.85. The lowest BCUT2D eigenvalue weighted by Crippen LogP contribution is -2.40. The third-order valence-corrected chi connectivity index (χ3v) is 5.67. The zero-order valence-corrected chi connectivity index (χ0v) is 19.2. The van der Waals surface area contributed by atoms with E-state index in [4.69, 9.17) is 21.1 Å². The van der Waals surface area contributed by atoms with E-state index in [1.807, 2.05) is 4.90 Å². The maximum absolute atomic E-state index is 12.3. The van der Waals surface area contributed by atoms with Crippen LogP contribution >= 0.6 is 11.6 Å². The van der Waals surface area contributed by atoms with Crippen LogP contribution in [0, 0.1) is 0 Å². The number of benzene rings is 2. The minimum Gasteiger partial charge on any atom is -0.505 e. The molecule has 0 radical (unpaired) electrons. The van der Waals surface area contributed by atoms with E-state index in [0.29, 0.717) is 65.7 Å². The molecule has 0 aliphatic carbocycles. The lowest BCUT2D eigenvalue weighted by atomic mass is 10.1. The molecule has 1 aromatic heterocycles. The summed E-state index contributed by atoms with van der Waals surface area (Å²) in [4.78, 5) is 30.8. The fourth-order valence-corrected chi connectivity index (χ4v) is 3.94. The Labute approximate surface area is 201 Å². The molecule has 34 heavy (non-hydrogen) atoms. The van der Waals surface area contributed by atoms with Crippen molar-refractivity contribution >= 4 is 34.3 Å². The van der Waals surface area contributed by atoms with Crippen LogP contribution in [-0.2, 0) is 16.1 Å². The third kappa shape index (κ3) is 5.86. The first kappa shape index (κ1) is 23.6. The Hall–Kier alpha value is -3.56. The SMILES string of the molecule is O=C1COc2ccccc2OCC(=O)NCCN(Cc2cc(Cl)c3cccnc3c2O)CCN1. The highest BCUT2D eigenvalue weighted by molar-refractivity contribution is 6.35. The van der Waals surface area contributed by atoms with Crippen molar-refractivity contribution < 1.29 is 24.2 Å². The summed E-state index contributed by atoms with van der Waals surface area (Å²) in [6.07, 6.45) is 1.60. The van der Waals surface area contributed by atoms with Gasteiger partial charge in [-0.25, -0.2) is 0 Å². The van der Waals surface area contributed by atoms with E-state index in [0.717, 1.165) is 0 Å². The van der Waals surface area contributed by atoms with Gasteiger partial charge in [0.15, 0.2) is 24.7 Å². The van der Waals surface area contributed by atoms with Crippen LogP contribution in [0.1, 0.15) is 5.56 Å². The van der Waals surface area contributed by atoms with E-state index in [-0.39, 0.29) is 30.8 Å². The average molecular weight is 485 g/mol. The number of phenolic OH excluding ortho intramolecular Hbond substituents is 1. The number of nitrogens with zero attached hydrogens (tertiary/aromatic N) is 2. The van der Waals surface area contributed by atoms with E-state index in [2.05, 4.69) is 15.6 Å². The number of fused-ring (bicyclic) bond motifs is 2. The monoisotopic (exact) mass is 484 g/mol. The highest BCUT2D eigenvalue weighted by atomic mass is 35.5. The number of ether oxygens (including phenoxy) is 2. The maximum atomic E-state index is 12.3. The van der Waals surface area contributed by atoms with Crippen LogP contribution in [0.3, 0.4) is 0 Å². The molecule has 1 aliphatic heterocycles. The molecule has 4 rings (SSSR count). The lowest BCUT2D eigenvalue weighted by molar-refractivity contribution is -0.124. The number of pyridine rings is 1. The Morgan fingerprint density at radius 1 is 0.971 bits per heavy atom. The summed E-state index contributed by atoms with van der Waals surface area (Å²) < 4.78 is 11.1. The van der Waals surface area contributed by atoms with Crippen molar-refractivity contribution in [3.63, 3.8) is 0 Å². The second kappa shape index (κ2) is 11.0. The Kier molecular flexibility index (Phi) is 7.66. The number of para-hydroxylation sites is 2. The highest BCUT2D eigenvalue weighted by Gasteiger charge is 2.16. The summed E-state index contributed by atoms with van der Waals surface area (Å²) in [7, 11) is 0. The number of nitrogens with one attached hydrogen (secondary N) is 2. The Morgan fingerprint density at radius 2 is 1.59 bits per heavy atom. The van der Waals surface area contributed by atoms with E-state index in [9.17, 15) is 14.7 Å². The number of rotatable bonds is 2. The van der Waals surface area contributed by atoms with Gasteiger partial charge in [0.2, 0.25) is 0 Å². The van der Waals surface area contributed by atoms with Gasteiger partial charge in [0, 0.05) is 49.9 Å². The molecule has 2 aromatic carbocycles. The van der Waals surface area contributed by atoms with Gasteiger partial charge in [-0.05, 0) is 30.3 Å². The zero-order chi connectivity index (χ0) is 23.9. The van der Waals surface area contributed by atoms with Crippen molar-refractivity contribution in [2.24, 2.45) is 0 Å². The van der Waals surface area contributed by atoms with E-state index in [1.165, 1.54) is 0 Å². The molecule has 0 spiro atoms. The molecule has 0 saturated carbocycles. The minimum atomic E-state index is -0.278. The number of amides is 2. The number of aromatic hydroxyl groups is 1. The van der Waals surface area contributed by atoms with E-state index < -0.39 is 0 Å². The fraction of sp³-hybridized carbons (Fsp3) is 0.292. The molecule has 2 amide bonds. The molecule has 0 saturated heterocycles. The van der Waals surface area contributed by atoms with Crippen molar-refractivity contribution in [1.29, 1.82) is 0 Å². The van der Waals surface area contributed by atoms with Gasteiger partial charge in [-0.15, -0.1) is 0 Å². The van der Waals surface area contributed by atoms with Crippen LogP contribution in [0.15, 0.2) is 48.7 Å². The predicted octanol–water partition coefficient (Wildman–Crippen LogP) is 2.10. The molecule has 0 fully saturated rings. The number of hydrogen-bond donors (Lipinski definition) is 3. The van der Waals surface area contributed by atoms with Gasteiger partial charge in [0.25, 0.3) is 11.8 Å². The molecule has 1 aliphatic rings. The first-order valence-electron chi connectivity index (χ1n) is 10.9. The molecule has 2 heterocycles. The number of halogens is 1. The van der Waals surface area contributed by atoms with Gasteiger partial charge in [-0.3, -0.25) is 19.5 Å². The van der Waals surface area contributed by atoms with Gasteiger partial charge in [-0.1, -0.05) is 23.7 Å². The van der Waals surface area contributed by atoms with Crippen LogP contribution < -0.4 is 20.1 Å². The zero-order valence-electron chi connectivity index (χ0n) is 18.4. The molecule has 10 heteroatoms. The van der Waals surface area contributed by atoms with Crippen LogP contribution in [0.5, 0.6) is 17.2 Å². The normalized spacial score (nSPS) is 16.3. The number of aromatic nitrogens is 1. The first-order valence-corrected chi connectivity index (χ1v) is 11.2. The third-order valence-electron chi connectivity index (χ3n) is 5.36. The van der Waals surface area contributed by atoms with Crippen molar-refractivity contribution in [1.82, 2.24) is 20.5 Å². The summed E-state index contributed by atoms with van der Waals surface area (Å²) in [6.45, 7) is 1.65. The van der Waals surface area contributed by atoms with Crippen LogP contribution in [0.2, 0.25) is 5.02 Å². The Bertz CT molecular complexity index is 1140. The smallest absolute Gasteiger partial charge is 0.257 e.